The summed E-state index contributed by atoms with van der Waals surface area (Å²) in [5.41, 5.74) is 8.29. The number of halogens is 1. The number of rotatable bonds is 16. The van der Waals surface area contributed by atoms with Crippen LogP contribution in [0.25, 0.3) is 0 Å². The van der Waals surface area contributed by atoms with Gasteiger partial charge in [0.15, 0.2) is 0 Å². The predicted molar refractivity (Wildman–Crippen MR) is 158 cm³/mol. The molecule has 0 bridgehead atoms. The smallest absolute Gasteiger partial charge is 0.267 e. The van der Waals surface area contributed by atoms with Crippen molar-refractivity contribution in [2.45, 2.75) is 74.3 Å². The molecule has 3 aromatic rings. The molecule has 0 aromatic heterocycles. The van der Waals surface area contributed by atoms with Gasteiger partial charge in [-0.05, 0) is 80.5 Å². The predicted octanol–water partition coefficient (Wildman–Crippen LogP) is 7.65. The Balaban J connectivity index is 1.54. The highest BCUT2D eigenvalue weighted by Crippen LogP contribution is 2.33. The Hall–Kier alpha value is -2.03. The molecule has 5 nitrogen and oxygen atoms in total. The molecule has 0 spiro atoms. The molecule has 0 amide bonds. The van der Waals surface area contributed by atoms with E-state index in [-0.39, 0.29) is 12.4 Å². The van der Waals surface area contributed by atoms with Gasteiger partial charge in [-0.15, -0.1) is 0 Å². The van der Waals surface area contributed by atoms with Crippen LogP contribution in [0.5, 0.6) is 5.75 Å². The summed E-state index contributed by atoms with van der Waals surface area (Å²) >= 11 is 8.29. The van der Waals surface area contributed by atoms with Crippen molar-refractivity contribution in [3.8, 4) is 5.75 Å². The van der Waals surface area contributed by atoms with Gasteiger partial charge in [0, 0.05) is 20.4 Å². The average molecular weight is 576 g/mol. The molecule has 2 N–H and O–H groups in total. The van der Waals surface area contributed by atoms with Gasteiger partial charge in [-0.3, -0.25) is 4.18 Å². The molecule has 206 valence electrons. The van der Waals surface area contributed by atoms with Crippen LogP contribution in [0.15, 0.2) is 82.6 Å². The van der Waals surface area contributed by atoms with Crippen LogP contribution >= 0.6 is 23.4 Å². The van der Waals surface area contributed by atoms with E-state index in [2.05, 4.69) is 25.1 Å². The van der Waals surface area contributed by atoms with Crippen molar-refractivity contribution in [1.29, 1.82) is 0 Å². The first-order valence-electron chi connectivity index (χ1n) is 13.1. The van der Waals surface area contributed by atoms with E-state index in [1.807, 2.05) is 54.6 Å². The second kappa shape index (κ2) is 14.9. The average Bonchev–Trinajstić information content (AvgIpc) is 2.89. The Morgan fingerprint density at radius 2 is 1.68 bits per heavy atom. The fraction of sp³-hybridized carbons (Fsp3) is 0.400. The van der Waals surface area contributed by atoms with Gasteiger partial charge in [0.05, 0.1) is 12.4 Å². The first kappa shape index (κ1) is 30.5. The zero-order chi connectivity index (χ0) is 27.4. The molecule has 8 heteroatoms. The largest absolute Gasteiger partial charge is 0.489 e. The Morgan fingerprint density at radius 3 is 2.39 bits per heavy atom. The van der Waals surface area contributed by atoms with E-state index >= 15 is 0 Å². The van der Waals surface area contributed by atoms with Crippen LogP contribution in [0.4, 0.5) is 0 Å². The van der Waals surface area contributed by atoms with Crippen LogP contribution in [-0.2, 0) is 27.3 Å². The van der Waals surface area contributed by atoms with Gasteiger partial charge in [0.25, 0.3) is 10.1 Å². The lowest BCUT2D eigenvalue weighted by Gasteiger charge is -2.29. The van der Waals surface area contributed by atoms with Crippen molar-refractivity contribution in [3.05, 3.63) is 88.9 Å². The van der Waals surface area contributed by atoms with Crippen molar-refractivity contribution in [2.75, 3.05) is 12.4 Å². The molecule has 1 unspecified atom stereocenters. The Labute approximate surface area is 237 Å². The van der Waals surface area contributed by atoms with Crippen LogP contribution in [0.2, 0.25) is 5.02 Å². The summed E-state index contributed by atoms with van der Waals surface area (Å²) in [6.45, 7) is 4.41. The summed E-state index contributed by atoms with van der Waals surface area (Å²) < 4.78 is 34.8. The zero-order valence-corrected chi connectivity index (χ0v) is 24.6. The number of ether oxygens (including phenoxy) is 1. The highest BCUT2D eigenvalue weighted by atomic mass is 35.5. The van der Waals surface area contributed by atoms with Crippen LogP contribution in [0, 0.1) is 0 Å². The first-order valence-corrected chi connectivity index (χ1v) is 15.9. The van der Waals surface area contributed by atoms with E-state index in [0.717, 1.165) is 63.8 Å². The third-order valence-electron chi connectivity index (χ3n) is 6.33. The maximum Gasteiger partial charge on any atom is 0.267 e. The van der Waals surface area contributed by atoms with E-state index in [1.165, 1.54) is 0 Å². The molecule has 3 rings (SSSR count). The minimum Gasteiger partial charge on any atom is -0.489 e. The molecular weight excluding hydrogens is 538 g/mol. The number of aryl methyl sites for hydroxylation is 1. The summed E-state index contributed by atoms with van der Waals surface area (Å²) in [6.07, 6.45) is 4.40. The number of hydrogen-bond acceptors (Lipinski definition) is 6. The summed E-state index contributed by atoms with van der Waals surface area (Å²) in [7, 11) is -3.53. The van der Waals surface area contributed by atoms with Gasteiger partial charge in [-0.1, -0.05) is 79.2 Å². The summed E-state index contributed by atoms with van der Waals surface area (Å²) in [4.78, 5) is 2.13. The number of nitrogens with two attached hydrogens (primary N) is 1. The fourth-order valence-electron chi connectivity index (χ4n) is 4.37. The van der Waals surface area contributed by atoms with Gasteiger partial charge >= 0.3 is 0 Å². The molecule has 0 heterocycles. The monoisotopic (exact) mass is 575 g/mol. The lowest BCUT2D eigenvalue weighted by molar-refractivity contribution is 0.305. The quantitative estimate of drug-likeness (QED) is 0.177. The maximum absolute atomic E-state index is 12.0. The van der Waals surface area contributed by atoms with E-state index in [9.17, 15) is 8.42 Å². The van der Waals surface area contributed by atoms with Gasteiger partial charge < -0.3 is 10.5 Å². The molecule has 0 radical (unpaired) electrons. The molecule has 3 aromatic carbocycles. The Morgan fingerprint density at radius 1 is 0.921 bits per heavy atom. The molecule has 38 heavy (non-hydrogen) atoms. The maximum atomic E-state index is 12.0. The normalized spacial score (nSPS) is 13.3. The molecule has 0 aliphatic heterocycles. The van der Waals surface area contributed by atoms with Crippen molar-refractivity contribution < 1.29 is 17.3 Å². The molecular formula is C30H38ClNO4S2. The minimum absolute atomic E-state index is 0.0531. The van der Waals surface area contributed by atoms with Gasteiger partial charge in [0.1, 0.15) is 12.4 Å². The van der Waals surface area contributed by atoms with Crippen LogP contribution in [0.1, 0.15) is 57.1 Å². The summed E-state index contributed by atoms with van der Waals surface area (Å²) in [5.74, 6) is 0.774. The molecule has 0 saturated heterocycles. The third-order valence-corrected chi connectivity index (χ3v) is 8.96. The lowest BCUT2D eigenvalue weighted by Crippen LogP contribution is -2.41. The van der Waals surface area contributed by atoms with Gasteiger partial charge in [-0.25, -0.2) is 0 Å². The molecule has 1 atom stereocenters. The SMILES string of the molecule is CCCC(N)(CCCc1ccc(Sc2cccc(OCc3ccccc3)c2)cc1Cl)CCS(=O)(=O)OCC. The second-order valence-corrected chi connectivity index (χ2v) is 12.8. The lowest BCUT2D eigenvalue weighted by atomic mass is 9.86. The van der Waals surface area contributed by atoms with Gasteiger partial charge in [0.2, 0.25) is 0 Å². The number of hydrogen-bond donors (Lipinski definition) is 1. The van der Waals surface area contributed by atoms with Crippen molar-refractivity contribution in [3.63, 3.8) is 0 Å². The van der Waals surface area contributed by atoms with Crippen molar-refractivity contribution in [1.82, 2.24) is 0 Å². The topological polar surface area (TPSA) is 78.6 Å². The van der Waals surface area contributed by atoms with E-state index < -0.39 is 15.7 Å². The van der Waals surface area contributed by atoms with E-state index in [1.54, 1.807) is 18.7 Å². The highest BCUT2D eigenvalue weighted by Gasteiger charge is 2.26. The van der Waals surface area contributed by atoms with Crippen molar-refractivity contribution >= 4 is 33.5 Å². The van der Waals surface area contributed by atoms with Gasteiger partial charge in [-0.2, -0.15) is 8.42 Å². The highest BCUT2D eigenvalue weighted by molar-refractivity contribution is 7.99. The van der Waals surface area contributed by atoms with Crippen LogP contribution in [-0.4, -0.2) is 26.3 Å². The number of benzene rings is 3. The Bertz CT molecular complexity index is 1250. The second-order valence-electron chi connectivity index (χ2n) is 9.49. The third kappa shape index (κ3) is 10.3. The molecule has 0 fully saturated rings. The van der Waals surface area contributed by atoms with Crippen LogP contribution < -0.4 is 10.5 Å². The molecule has 0 saturated carbocycles. The fourth-order valence-corrected chi connectivity index (χ4v) is 6.75. The first-order chi connectivity index (χ1) is 18.2. The Kier molecular flexibility index (Phi) is 12.0. The van der Waals surface area contributed by atoms with E-state index in [4.69, 9.17) is 26.3 Å². The minimum atomic E-state index is -3.53. The van der Waals surface area contributed by atoms with E-state index in [0.29, 0.717) is 13.0 Å². The standard InChI is InChI=1S/C30H38ClNO4S2/c1-3-17-30(32,19-20-38(33,34)36-4-2)18-9-12-25-15-16-28(22-29(25)31)37-27-14-8-13-26(21-27)35-23-24-10-6-5-7-11-24/h5-8,10-11,13-16,21-22H,3-4,9,12,17-20,23,32H2,1-2H3. The summed E-state index contributed by atoms with van der Waals surface area (Å²) in [6, 6.07) is 24.3. The molecule has 0 aliphatic carbocycles. The van der Waals surface area contributed by atoms with Crippen molar-refractivity contribution in [2.24, 2.45) is 5.73 Å². The summed E-state index contributed by atoms with van der Waals surface area (Å²) in [5, 5.41) is 0.725. The molecule has 0 aliphatic rings. The van der Waals surface area contributed by atoms with Crippen LogP contribution in [0.3, 0.4) is 0 Å². The zero-order valence-electron chi connectivity index (χ0n) is 22.2.